The highest BCUT2D eigenvalue weighted by atomic mass is 32.2. The monoisotopic (exact) mass is 259 g/mol. The van der Waals surface area contributed by atoms with Gasteiger partial charge in [0.2, 0.25) is 0 Å². The molecule has 0 spiro atoms. The average Bonchev–Trinajstić information content (AvgIpc) is 2.90. The molecular formula is C9H17N5O2S. The minimum atomic E-state index is -3.47. The van der Waals surface area contributed by atoms with Gasteiger partial charge in [-0.05, 0) is 12.8 Å². The molecule has 7 nitrogen and oxygen atoms in total. The third kappa shape index (κ3) is 2.43. The number of nitrogens with one attached hydrogen (secondary N) is 1. The summed E-state index contributed by atoms with van der Waals surface area (Å²) in [7, 11) is -1.79. The van der Waals surface area contributed by atoms with Crippen LogP contribution in [0.4, 0.5) is 5.82 Å². The van der Waals surface area contributed by atoms with Crippen LogP contribution in [0, 0.1) is 0 Å². The second kappa shape index (κ2) is 4.63. The lowest BCUT2D eigenvalue weighted by molar-refractivity contribution is 0.482. The number of hydrogen-bond donors (Lipinski definition) is 2. The van der Waals surface area contributed by atoms with Gasteiger partial charge < -0.3 is 5.73 Å². The third-order valence-electron chi connectivity index (χ3n) is 2.87. The maximum absolute atomic E-state index is 12.1. The normalized spacial score (nSPS) is 17.5. The number of anilines is 1. The van der Waals surface area contributed by atoms with Gasteiger partial charge in [-0.15, -0.1) is 0 Å². The van der Waals surface area contributed by atoms with Crippen LogP contribution in [0.15, 0.2) is 6.20 Å². The van der Waals surface area contributed by atoms with E-state index in [4.69, 9.17) is 5.73 Å². The fourth-order valence-corrected chi connectivity index (χ4v) is 3.25. The van der Waals surface area contributed by atoms with Crippen LogP contribution in [0.5, 0.6) is 0 Å². The summed E-state index contributed by atoms with van der Waals surface area (Å²) in [4.78, 5) is 0. The standard InChI is InChI=1S/C9H17N5O2S/c1-13-9(8(6-10)7-11-13)12-17(15,16)14-4-2-3-5-14/h7,12H,2-6,10H2,1H3. The molecular weight excluding hydrogens is 242 g/mol. The van der Waals surface area contributed by atoms with E-state index >= 15 is 0 Å². The van der Waals surface area contributed by atoms with Gasteiger partial charge in [0.1, 0.15) is 5.82 Å². The molecule has 96 valence electrons. The van der Waals surface area contributed by atoms with Crippen LogP contribution < -0.4 is 10.5 Å². The van der Waals surface area contributed by atoms with Gasteiger partial charge >= 0.3 is 10.2 Å². The maximum Gasteiger partial charge on any atom is 0.302 e. The van der Waals surface area contributed by atoms with Crippen molar-refractivity contribution in [1.82, 2.24) is 14.1 Å². The van der Waals surface area contributed by atoms with Crippen LogP contribution in [0.3, 0.4) is 0 Å². The quantitative estimate of drug-likeness (QED) is 0.771. The molecule has 0 aliphatic carbocycles. The van der Waals surface area contributed by atoms with Crippen LogP contribution in [0.1, 0.15) is 18.4 Å². The van der Waals surface area contributed by atoms with Crippen molar-refractivity contribution in [2.45, 2.75) is 19.4 Å². The summed E-state index contributed by atoms with van der Waals surface area (Å²) in [5.74, 6) is 0.444. The largest absolute Gasteiger partial charge is 0.326 e. The zero-order chi connectivity index (χ0) is 12.5. The summed E-state index contributed by atoms with van der Waals surface area (Å²) < 4.78 is 29.6. The smallest absolute Gasteiger partial charge is 0.302 e. The van der Waals surface area contributed by atoms with Crippen molar-refractivity contribution in [1.29, 1.82) is 0 Å². The van der Waals surface area contributed by atoms with E-state index in [1.54, 1.807) is 13.2 Å². The number of aryl methyl sites for hydroxylation is 1. The fraction of sp³-hybridized carbons (Fsp3) is 0.667. The van der Waals surface area contributed by atoms with Crippen molar-refractivity contribution >= 4 is 16.0 Å². The van der Waals surface area contributed by atoms with Gasteiger partial charge in [-0.25, -0.2) is 0 Å². The van der Waals surface area contributed by atoms with Crippen molar-refractivity contribution < 1.29 is 8.42 Å². The molecule has 1 saturated heterocycles. The van der Waals surface area contributed by atoms with Crippen molar-refractivity contribution in [3.8, 4) is 0 Å². The van der Waals surface area contributed by atoms with Crippen LogP contribution in [0.2, 0.25) is 0 Å². The summed E-state index contributed by atoms with van der Waals surface area (Å²) in [6, 6.07) is 0. The van der Waals surface area contributed by atoms with E-state index in [1.165, 1.54) is 8.99 Å². The minimum absolute atomic E-state index is 0.256. The van der Waals surface area contributed by atoms with E-state index in [0.717, 1.165) is 12.8 Å². The average molecular weight is 259 g/mol. The van der Waals surface area contributed by atoms with E-state index in [9.17, 15) is 8.42 Å². The van der Waals surface area contributed by atoms with Crippen molar-refractivity contribution in [3.05, 3.63) is 11.8 Å². The summed E-state index contributed by atoms with van der Waals surface area (Å²) in [6.07, 6.45) is 3.40. The highest BCUT2D eigenvalue weighted by Gasteiger charge is 2.26. The lowest BCUT2D eigenvalue weighted by Gasteiger charge is -2.17. The molecule has 17 heavy (non-hydrogen) atoms. The summed E-state index contributed by atoms with van der Waals surface area (Å²) >= 11 is 0. The first-order valence-corrected chi connectivity index (χ1v) is 6.97. The van der Waals surface area contributed by atoms with E-state index in [2.05, 4.69) is 9.82 Å². The van der Waals surface area contributed by atoms with Gasteiger partial charge in [-0.2, -0.15) is 17.8 Å². The number of rotatable bonds is 4. The Kier molecular flexibility index (Phi) is 3.36. The fourth-order valence-electron chi connectivity index (χ4n) is 1.88. The van der Waals surface area contributed by atoms with Crippen molar-refractivity contribution in [3.63, 3.8) is 0 Å². The van der Waals surface area contributed by atoms with Gasteiger partial charge in [-0.1, -0.05) is 0 Å². The van der Waals surface area contributed by atoms with E-state index < -0.39 is 10.2 Å². The highest BCUT2D eigenvalue weighted by Crippen LogP contribution is 2.19. The number of aromatic nitrogens is 2. The summed E-state index contributed by atoms with van der Waals surface area (Å²) in [6.45, 7) is 1.40. The Balaban J connectivity index is 2.22. The van der Waals surface area contributed by atoms with Gasteiger partial charge in [0.15, 0.2) is 0 Å². The van der Waals surface area contributed by atoms with E-state index in [1.807, 2.05) is 0 Å². The molecule has 2 heterocycles. The van der Waals surface area contributed by atoms with Gasteiger partial charge in [0.05, 0.1) is 6.20 Å². The van der Waals surface area contributed by atoms with Crippen LogP contribution in [0.25, 0.3) is 0 Å². The first-order valence-electron chi connectivity index (χ1n) is 5.53. The lowest BCUT2D eigenvalue weighted by atomic mass is 10.3. The Morgan fingerprint density at radius 2 is 2.12 bits per heavy atom. The van der Waals surface area contributed by atoms with Crippen molar-refractivity contribution in [2.24, 2.45) is 12.8 Å². The molecule has 0 saturated carbocycles. The molecule has 1 aromatic heterocycles. The second-order valence-electron chi connectivity index (χ2n) is 4.06. The predicted molar refractivity (Wildman–Crippen MR) is 64.4 cm³/mol. The van der Waals surface area contributed by atoms with E-state index in [0.29, 0.717) is 24.5 Å². The number of hydrogen-bond acceptors (Lipinski definition) is 4. The molecule has 8 heteroatoms. The van der Waals surface area contributed by atoms with Crippen LogP contribution in [-0.2, 0) is 23.8 Å². The molecule has 0 radical (unpaired) electrons. The Morgan fingerprint density at radius 1 is 1.47 bits per heavy atom. The summed E-state index contributed by atoms with van der Waals surface area (Å²) in [5.41, 5.74) is 6.22. The molecule has 0 aromatic carbocycles. The zero-order valence-corrected chi connectivity index (χ0v) is 10.6. The topological polar surface area (TPSA) is 93.2 Å². The van der Waals surface area contributed by atoms with Gasteiger partial charge in [0.25, 0.3) is 0 Å². The number of nitrogens with zero attached hydrogens (tertiary/aromatic N) is 3. The minimum Gasteiger partial charge on any atom is -0.326 e. The molecule has 3 N–H and O–H groups in total. The number of nitrogens with two attached hydrogens (primary N) is 1. The van der Waals surface area contributed by atoms with E-state index in [-0.39, 0.29) is 6.54 Å². The first-order chi connectivity index (χ1) is 8.04. The molecule has 0 unspecified atom stereocenters. The van der Waals surface area contributed by atoms with Gasteiger partial charge in [-0.3, -0.25) is 9.40 Å². The Labute approximate surface area is 101 Å². The van der Waals surface area contributed by atoms with Gasteiger partial charge in [0, 0.05) is 32.2 Å². The maximum atomic E-state index is 12.1. The molecule has 1 aliphatic heterocycles. The SMILES string of the molecule is Cn1ncc(CN)c1NS(=O)(=O)N1CCCC1. The van der Waals surface area contributed by atoms with Crippen LogP contribution >= 0.6 is 0 Å². The van der Waals surface area contributed by atoms with Crippen LogP contribution in [-0.4, -0.2) is 35.6 Å². The highest BCUT2D eigenvalue weighted by molar-refractivity contribution is 7.90. The molecule has 2 rings (SSSR count). The Bertz CT molecular complexity index is 489. The molecule has 1 aromatic rings. The molecule has 1 fully saturated rings. The zero-order valence-electron chi connectivity index (χ0n) is 9.76. The Hall–Kier alpha value is -1.12. The molecule has 0 atom stereocenters. The van der Waals surface area contributed by atoms with Crippen molar-refractivity contribution in [2.75, 3.05) is 17.8 Å². The summed E-state index contributed by atoms with van der Waals surface area (Å²) in [5, 5.41) is 3.99. The third-order valence-corrected chi connectivity index (χ3v) is 4.36. The predicted octanol–water partition coefficient (Wildman–Crippen LogP) is -0.369. The molecule has 1 aliphatic rings. The second-order valence-corrected chi connectivity index (χ2v) is 5.73. The first kappa shape index (κ1) is 12.3. The molecule has 0 bridgehead atoms. The Morgan fingerprint density at radius 3 is 2.71 bits per heavy atom. The lowest BCUT2D eigenvalue weighted by Crippen LogP contribution is -2.34. The molecule has 0 amide bonds.